The molecule has 3 aromatic rings. The van der Waals surface area contributed by atoms with Gasteiger partial charge >= 0.3 is 0 Å². The third-order valence-corrected chi connectivity index (χ3v) is 6.75. The number of benzene rings is 1. The summed E-state index contributed by atoms with van der Waals surface area (Å²) in [4.78, 5) is 22.1. The summed E-state index contributed by atoms with van der Waals surface area (Å²) in [6.45, 7) is 8.65. The summed E-state index contributed by atoms with van der Waals surface area (Å²) in [7, 11) is 0. The predicted molar refractivity (Wildman–Crippen MR) is 126 cm³/mol. The van der Waals surface area contributed by atoms with E-state index in [0.717, 1.165) is 23.3 Å². The zero-order valence-electron chi connectivity index (χ0n) is 18.3. The van der Waals surface area contributed by atoms with E-state index in [0.29, 0.717) is 35.2 Å². The van der Waals surface area contributed by atoms with E-state index < -0.39 is 6.10 Å². The van der Waals surface area contributed by atoms with Crippen LogP contribution in [0.25, 0.3) is 0 Å². The van der Waals surface area contributed by atoms with Crippen LogP contribution in [0.3, 0.4) is 0 Å². The molecule has 2 N–H and O–H groups in total. The summed E-state index contributed by atoms with van der Waals surface area (Å²) in [5.74, 6) is 1.58. The first kappa shape index (κ1) is 22.4. The molecule has 0 bridgehead atoms. The number of aliphatic hydroxyl groups excluding tert-OH is 1. The average molecular weight is 451 g/mol. The Balaban J connectivity index is 1.45. The van der Waals surface area contributed by atoms with Crippen LogP contribution in [-0.4, -0.2) is 33.0 Å². The van der Waals surface area contributed by atoms with E-state index in [2.05, 4.69) is 42.1 Å². The Kier molecular flexibility index (Phi) is 6.86. The number of aliphatic hydroxyl groups is 1. The van der Waals surface area contributed by atoms with Gasteiger partial charge in [0, 0.05) is 17.8 Å². The molecule has 3 atom stereocenters. The normalized spacial score (nSPS) is 20.5. The van der Waals surface area contributed by atoms with Crippen LogP contribution in [0, 0.1) is 12.8 Å². The number of aromatic nitrogens is 2. The third-order valence-electron chi connectivity index (χ3n) is 5.77. The van der Waals surface area contributed by atoms with Crippen molar-refractivity contribution in [2.24, 2.45) is 5.92 Å². The third kappa shape index (κ3) is 5.00. The standard InChI is InChI=1S/C25H28N3O3S/c1-15(2)19-6-4-5-7-22(19)31-12-17-9-23(32-13-17)24(30)20-11-26-14-27-25(20)28-18-8-16(3)21(29)10-18/h4-7,9,11,13-16,18,21,29H,3,8,10,12H2,1-2H3,(H,26,27,28)/t16-,18-,21+/m1/s1. The number of ether oxygens (including phenoxy) is 1. The van der Waals surface area contributed by atoms with Crippen LogP contribution in [0.4, 0.5) is 5.82 Å². The van der Waals surface area contributed by atoms with E-state index in [1.54, 1.807) is 6.20 Å². The van der Waals surface area contributed by atoms with Gasteiger partial charge < -0.3 is 15.2 Å². The van der Waals surface area contributed by atoms with E-state index >= 15 is 0 Å². The van der Waals surface area contributed by atoms with Crippen LogP contribution in [-0.2, 0) is 6.61 Å². The number of para-hydroxylation sites is 1. The lowest BCUT2D eigenvalue weighted by atomic mass is 10.0. The smallest absolute Gasteiger partial charge is 0.208 e. The van der Waals surface area contributed by atoms with Crippen molar-refractivity contribution in [1.82, 2.24) is 9.97 Å². The minimum absolute atomic E-state index is 0.0193. The van der Waals surface area contributed by atoms with Gasteiger partial charge in [-0.25, -0.2) is 9.97 Å². The van der Waals surface area contributed by atoms with Gasteiger partial charge in [-0.3, -0.25) is 4.79 Å². The zero-order valence-corrected chi connectivity index (χ0v) is 19.1. The van der Waals surface area contributed by atoms with Gasteiger partial charge in [0.2, 0.25) is 5.78 Å². The number of thiophene rings is 1. The van der Waals surface area contributed by atoms with Crippen molar-refractivity contribution < 1.29 is 14.6 Å². The Hall–Kier alpha value is -2.77. The highest BCUT2D eigenvalue weighted by Gasteiger charge is 2.31. The van der Waals surface area contributed by atoms with Gasteiger partial charge in [-0.1, -0.05) is 32.0 Å². The second-order valence-electron chi connectivity index (χ2n) is 8.55. The number of nitrogens with one attached hydrogen (secondary N) is 1. The molecule has 0 saturated heterocycles. The van der Waals surface area contributed by atoms with E-state index in [4.69, 9.17) is 4.74 Å². The Bertz CT molecular complexity index is 1070. The van der Waals surface area contributed by atoms with E-state index in [-0.39, 0.29) is 17.7 Å². The summed E-state index contributed by atoms with van der Waals surface area (Å²) < 4.78 is 6.04. The monoisotopic (exact) mass is 450 g/mol. The first-order valence-corrected chi connectivity index (χ1v) is 11.7. The highest BCUT2D eigenvalue weighted by atomic mass is 32.1. The van der Waals surface area contributed by atoms with Gasteiger partial charge in [0.05, 0.1) is 16.5 Å². The van der Waals surface area contributed by atoms with Gasteiger partial charge in [-0.2, -0.15) is 0 Å². The number of nitrogens with zero attached hydrogens (tertiary/aromatic N) is 2. The molecule has 32 heavy (non-hydrogen) atoms. The molecule has 167 valence electrons. The number of rotatable bonds is 8. The topological polar surface area (TPSA) is 84.3 Å². The highest BCUT2D eigenvalue weighted by Crippen LogP contribution is 2.30. The number of anilines is 1. The van der Waals surface area contributed by atoms with Crippen molar-refractivity contribution in [2.45, 2.75) is 51.4 Å². The van der Waals surface area contributed by atoms with Crippen molar-refractivity contribution in [3.05, 3.63) is 76.7 Å². The highest BCUT2D eigenvalue weighted by molar-refractivity contribution is 7.12. The van der Waals surface area contributed by atoms with Crippen LogP contribution in [0.5, 0.6) is 5.75 Å². The number of hydrogen-bond acceptors (Lipinski definition) is 7. The lowest BCUT2D eigenvalue weighted by Crippen LogP contribution is -2.20. The van der Waals surface area contributed by atoms with Gasteiger partial charge in [0.25, 0.3) is 0 Å². The fourth-order valence-electron chi connectivity index (χ4n) is 3.98. The summed E-state index contributed by atoms with van der Waals surface area (Å²) in [5.41, 5.74) is 2.54. The molecular weight excluding hydrogens is 422 g/mol. The second kappa shape index (κ2) is 9.79. The fourth-order valence-corrected chi connectivity index (χ4v) is 4.83. The van der Waals surface area contributed by atoms with E-state index in [1.165, 1.54) is 17.7 Å². The van der Waals surface area contributed by atoms with Crippen LogP contribution in [0.15, 0.2) is 48.2 Å². The van der Waals surface area contributed by atoms with Crippen molar-refractivity contribution in [1.29, 1.82) is 0 Å². The van der Waals surface area contributed by atoms with Crippen LogP contribution in [0.2, 0.25) is 0 Å². The number of carbonyl (C=O) groups is 1. The Labute approximate surface area is 192 Å². The quantitative estimate of drug-likeness (QED) is 0.477. The van der Waals surface area contributed by atoms with E-state index in [1.807, 2.05) is 29.6 Å². The summed E-state index contributed by atoms with van der Waals surface area (Å²) >= 11 is 1.39. The molecule has 2 heterocycles. The Morgan fingerprint density at radius 2 is 2.16 bits per heavy atom. The number of hydrogen-bond donors (Lipinski definition) is 2. The molecular formula is C25H28N3O3S. The summed E-state index contributed by atoms with van der Waals surface area (Å²) in [5, 5.41) is 15.2. The number of ketones is 1. The lowest BCUT2D eigenvalue weighted by molar-refractivity contribution is 0.104. The minimum atomic E-state index is -0.436. The predicted octanol–water partition coefficient (Wildman–Crippen LogP) is 4.86. The molecule has 7 heteroatoms. The first-order chi connectivity index (χ1) is 15.4. The molecule has 0 amide bonds. The molecule has 1 aromatic carbocycles. The molecule has 0 spiro atoms. The fraction of sp³-hybridized carbons (Fsp3) is 0.360. The maximum Gasteiger partial charge on any atom is 0.208 e. The molecule has 1 radical (unpaired) electrons. The van der Waals surface area contributed by atoms with Crippen molar-refractivity contribution in [3.8, 4) is 5.75 Å². The Morgan fingerprint density at radius 1 is 1.34 bits per heavy atom. The van der Waals surface area contributed by atoms with Crippen molar-refractivity contribution in [2.75, 3.05) is 5.32 Å². The number of carbonyl (C=O) groups excluding carboxylic acids is 1. The van der Waals surface area contributed by atoms with Gasteiger partial charge in [-0.05, 0) is 54.7 Å². The minimum Gasteiger partial charge on any atom is -0.489 e. The van der Waals surface area contributed by atoms with Crippen LogP contribution in [0.1, 0.15) is 59.0 Å². The molecule has 6 nitrogen and oxygen atoms in total. The molecule has 0 aliphatic heterocycles. The molecule has 1 aliphatic rings. The average Bonchev–Trinajstić information content (AvgIpc) is 3.38. The van der Waals surface area contributed by atoms with Gasteiger partial charge in [0.15, 0.2) is 0 Å². The first-order valence-electron chi connectivity index (χ1n) is 10.8. The van der Waals surface area contributed by atoms with Gasteiger partial charge in [0.1, 0.15) is 24.5 Å². The molecule has 1 fully saturated rings. The lowest BCUT2D eigenvalue weighted by Gasteiger charge is -2.15. The zero-order chi connectivity index (χ0) is 22.7. The maximum atomic E-state index is 13.2. The summed E-state index contributed by atoms with van der Waals surface area (Å²) in [6.07, 6.45) is 3.85. The second-order valence-corrected chi connectivity index (χ2v) is 9.47. The van der Waals surface area contributed by atoms with E-state index in [9.17, 15) is 9.90 Å². The molecule has 2 aromatic heterocycles. The van der Waals surface area contributed by atoms with Crippen molar-refractivity contribution in [3.63, 3.8) is 0 Å². The Morgan fingerprint density at radius 3 is 2.91 bits per heavy atom. The van der Waals surface area contributed by atoms with Gasteiger partial charge in [-0.15, -0.1) is 11.3 Å². The molecule has 4 rings (SSSR count). The van der Waals surface area contributed by atoms with Crippen molar-refractivity contribution >= 4 is 22.9 Å². The maximum absolute atomic E-state index is 13.2. The molecule has 1 aliphatic carbocycles. The van der Waals surface area contributed by atoms with Crippen LogP contribution < -0.4 is 10.1 Å². The largest absolute Gasteiger partial charge is 0.489 e. The molecule has 0 unspecified atom stereocenters. The van der Waals surface area contributed by atoms with Crippen LogP contribution >= 0.6 is 11.3 Å². The SMILES string of the molecule is [CH2][C@@H]1C[C@@H](Nc2ncncc2C(=O)c2cc(COc3ccccc3C(C)C)cs2)C[C@@H]1O. The summed E-state index contributed by atoms with van der Waals surface area (Å²) in [6, 6.07) is 9.93. The molecule has 1 saturated carbocycles.